The minimum atomic E-state index is 0.857. The molecule has 36 heavy (non-hydrogen) atoms. The molecule has 0 bridgehead atoms. The molecular weight excluding hydrogens is 436 g/mol. The van der Waals surface area contributed by atoms with E-state index in [-0.39, 0.29) is 0 Å². The van der Waals surface area contributed by atoms with Crippen LogP contribution >= 0.6 is 0 Å². The summed E-state index contributed by atoms with van der Waals surface area (Å²) < 4.78 is 2.46. The van der Waals surface area contributed by atoms with Gasteiger partial charge in [0.25, 0.3) is 0 Å². The standard InChI is InChI=1S/C34H26N2/c1-2-23-8-7-11-27(26-17-16-25-19-24-15-14-22(21-35)18-30(24)31(25)20-26)34(23)36-32-12-5-3-9-28(32)29-10-4-6-13-33(29)36/h1,3,5,7-9,11-12,16-18,20H,4,6,10,13-15,19H2. The highest BCUT2D eigenvalue weighted by Gasteiger charge is 2.26. The van der Waals surface area contributed by atoms with Crippen LogP contribution in [0.2, 0.25) is 0 Å². The van der Waals surface area contributed by atoms with Gasteiger partial charge in [0.05, 0.1) is 17.3 Å². The molecule has 1 aromatic heterocycles. The van der Waals surface area contributed by atoms with Crippen LogP contribution in [0, 0.1) is 23.7 Å². The lowest BCUT2D eigenvalue weighted by atomic mass is 9.91. The Labute approximate surface area is 212 Å². The summed E-state index contributed by atoms with van der Waals surface area (Å²) in [6, 6.07) is 24.4. The zero-order chi connectivity index (χ0) is 24.2. The van der Waals surface area contributed by atoms with Crippen molar-refractivity contribution in [3.63, 3.8) is 0 Å². The van der Waals surface area contributed by atoms with Crippen LogP contribution in [0.15, 0.2) is 77.9 Å². The average Bonchev–Trinajstić information content (AvgIpc) is 3.47. The van der Waals surface area contributed by atoms with Crippen molar-refractivity contribution in [2.24, 2.45) is 0 Å². The molecule has 0 saturated carbocycles. The van der Waals surface area contributed by atoms with Crippen LogP contribution in [0.3, 0.4) is 0 Å². The smallest absolute Gasteiger partial charge is 0.0947 e. The Bertz CT molecular complexity index is 1730. The lowest BCUT2D eigenvalue weighted by Gasteiger charge is -2.21. The Morgan fingerprint density at radius 1 is 0.861 bits per heavy atom. The summed E-state index contributed by atoms with van der Waals surface area (Å²) in [5.41, 5.74) is 14.7. The third-order valence-corrected chi connectivity index (χ3v) is 8.25. The van der Waals surface area contributed by atoms with Gasteiger partial charge in [-0.25, -0.2) is 0 Å². The largest absolute Gasteiger partial charge is 0.311 e. The van der Waals surface area contributed by atoms with E-state index < -0.39 is 0 Å². The molecule has 3 aliphatic carbocycles. The van der Waals surface area contributed by atoms with Gasteiger partial charge in [-0.15, -0.1) is 6.42 Å². The average molecular weight is 463 g/mol. The molecule has 7 rings (SSSR count). The second-order valence-electron chi connectivity index (χ2n) is 10.2. The zero-order valence-electron chi connectivity index (χ0n) is 20.3. The second-order valence-corrected chi connectivity index (χ2v) is 10.2. The summed E-state index contributed by atoms with van der Waals surface area (Å²) in [5, 5.41) is 10.9. The topological polar surface area (TPSA) is 28.7 Å². The number of allylic oxidation sites excluding steroid dienone is 4. The number of hydrogen-bond acceptors (Lipinski definition) is 1. The zero-order valence-corrected chi connectivity index (χ0v) is 20.3. The number of aromatic nitrogens is 1. The molecule has 0 amide bonds. The number of benzene rings is 3. The van der Waals surface area contributed by atoms with E-state index in [4.69, 9.17) is 6.42 Å². The highest BCUT2D eigenvalue weighted by molar-refractivity contribution is 5.92. The van der Waals surface area contributed by atoms with Crippen LogP contribution in [0.4, 0.5) is 0 Å². The Kier molecular flexibility index (Phi) is 4.77. The molecule has 0 spiro atoms. The van der Waals surface area contributed by atoms with Gasteiger partial charge in [0.1, 0.15) is 0 Å². The van der Waals surface area contributed by atoms with Gasteiger partial charge in [-0.1, -0.05) is 54.0 Å². The summed E-state index contributed by atoms with van der Waals surface area (Å²) in [6.45, 7) is 0. The predicted molar refractivity (Wildman–Crippen MR) is 147 cm³/mol. The summed E-state index contributed by atoms with van der Waals surface area (Å²) in [6.07, 6.45) is 15.7. The van der Waals surface area contributed by atoms with E-state index >= 15 is 0 Å². The van der Waals surface area contributed by atoms with Gasteiger partial charge in [-0.3, -0.25) is 0 Å². The number of nitriles is 1. The summed E-state index contributed by atoms with van der Waals surface area (Å²) >= 11 is 0. The van der Waals surface area contributed by atoms with Gasteiger partial charge in [0, 0.05) is 27.8 Å². The first-order valence-corrected chi connectivity index (χ1v) is 12.9. The van der Waals surface area contributed by atoms with Gasteiger partial charge < -0.3 is 4.57 Å². The molecule has 4 aromatic rings. The number of rotatable bonds is 2. The van der Waals surface area contributed by atoms with Crippen LogP contribution in [0.25, 0.3) is 33.3 Å². The molecule has 1 heterocycles. The van der Waals surface area contributed by atoms with E-state index in [2.05, 4.69) is 83.3 Å². The highest BCUT2D eigenvalue weighted by atomic mass is 15.0. The molecular formula is C34H26N2. The Morgan fingerprint density at radius 2 is 1.75 bits per heavy atom. The molecule has 0 aliphatic heterocycles. The maximum Gasteiger partial charge on any atom is 0.0947 e. The number of hydrogen-bond donors (Lipinski definition) is 0. The van der Waals surface area contributed by atoms with Crippen molar-refractivity contribution in [1.82, 2.24) is 4.57 Å². The third-order valence-electron chi connectivity index (χ3n) is 8.25. The van der Waals surface area contributed by atoms with Gasteiger partial charge in [-0.2, -0.15) is 5.26 Å². The van der Waals surface area contributed by atoms with Crippen LogP contribution in [0.1, 0.15) is 53.6 Å². The quantitative estimate of drug-likeness (QED) is 0.280. The predicted octanol–water partition coefficient (Wildman–Crippen LogP) is 7.71. The maximum absolute atomic E-state index is 9.51. The molecule has 3 aliphatic rings. The van der Waals surface area contributed by atoms with E-state index in [9.17, 15) is 5.26 Å². The minimum absolute atomic E-state index is 0.857. The molecule has 172 valence electrons. The molecule has 0 N–H and O–H groups in total. The molecule has 0 saturated heterocycles. The van der Waals surface area contributed by atoms with E-state index in [1.165, 1.54) is 62.8 Å². The minimum Gasteiger partial charge on any atom is -0.311 e. The second kappa shape index (κ2) is 8.15. The number of para-hydroxylation sites is 2. The fraction of sp³-hybridized carbons (Fsp3) is 0.206. The molecule has 2 heteroatoms. The molecule has 2 nitrogen and oxygen atoms in total. The van der Waals surface area contributed by atoms with Crippen LogP contribution in [0.5, 0.6) is 0 Å². The number of fused-ring (bicyclic) bond motifs is 5. The van der Waals surface area contributed by atoms with Gasteiger partial charge in [0.2, 0.25) is 0 Å². The first-order chi connectivity index (χ1) is 17.8. The van der Waals surface area contributed by atoms with Gasteiger partial charge >= 0.3 is 0 Å². The Balaban J connectivity index is 1.48. The fourth-order valence-corrected chi connectivity index (χ4v) is 6.57. The monoisotopic (exact) mass is 462 g/mol. The molecule has 3 aromatic carbocycles. The first kappa shape index (κ1) is 21.0. The number of nitrogens with zero attached hydrogens (tertiary/aromatic N) is 2. The lowest BCUT2D eigenvalue weighted by molar-refractivity contribution is 0.667. The molecule has 0 radical (unpaired) electrons. The van der Waals surface area contributed by atoms with Crippen molar-refractivity contribution in [3.05, 3.63) is 106 Å². The lowest BCUT2D eigenvalue weighted by Crippen LogP contribution is -2.09. The Hall–Kier alpha value is -4.27. The van der Waals surface area contributed by atoms with Crippen molar-refractivity contribution >= 4 is 16.5 Å². The number of terminal acetylenes is 1. The van der Waals surface area contributed by atoms with Crippen molar-refractivity contribution in [2.45, 2.75) is 44.9 Å². The Morgan fingerprint density at radius 3 is 2.64 bits per heavy atom. The molecule has 0 unspecified atom stereocenters. The van der Waals surface area contributed by atoms with Gasteiger partial charge in [-0.05, 0) is 97.0 Å². The van der Waals surface area contributed by atoms with E-state index in [0.29, 0.717) is 0 Å². The molecule has 0 atom stereocenters. The van der Waals surface area contributed by atoms with Crippen LogP contribution in [-0.2, 0) is 19.3 Å². The molecule has 0 fully saturated rings. The van der Waals surface area contributed by atoms with Gasteiger partial charge in [0.15, 0.2) is 0 Å². The summed E-state index contributed by atoms with van der Waals surface area (Å²) in [4.78, 5) is 0. The van der Waals surface area contributed by atoms with Crippen molar-refractivity contribution in [3.8, 4) is 35.2 Å². The van der Waals surface area contributed by atoms with Crippen molar-refractivity contribution in [2.75, 3.05) is 0 Å². The van der Waals surface area contributed by atoms with Crippen LogP contribution < -0.4 is 0 Å². The third kappa shape index (κ3) is 3.05. The van der Waals surface area contributed by atoms with E-state index in [1.54, 1.807) is 0 Å². The summed E-state index contributed by atoms with van der Waals surface area (Å²) in [7, 11) is 0. The highest BCUT2D eigenvalue weighted by Crippen LogP contribution is 2.44. The van der Waals surface area contributed by atoms with Crippen LogP contribution in [-0.4, -0.2) is 4.57 Å². The van der Waals surface area contributed by atoms with E-state index in [0.717, 1.165) is 54.5 Å². The van der Waals surface area contributed by atoms with Crippen molar-refractivity contribution < 1.29 is 0 Å². The summed E-state index contributed by atoms with van der Waals surface area (Å²) in [5.74, 6) is 3.00. The maximum atomic E-state index is 9.51. The van der Waals surface area contributed by atoms with Crippen molar-refractivity contribution in [1.29, 1.82) is 5.26 Å². The normalized spacial score (nSPS) is 16.1. The van der Waals surface area contributed by atoms with E-state index in [1.807, 2.05) is 0 Å². The fourth-order valence-electron chi connectivity index (χ4n) is 6.57. The SMILES string of the molecule is C#Cc1cccc(-c2ccc3c(c2)C2=C(CCC(C#N)=C2)C3)c1-n1c2c(c3ccccc31)CCCC2. The number of aryl methyl sites for hydroxylation is 1. The first-order valence-electron chi connectivity index (χ1n) is 12.9.